The van der Waals surface area contributed by atoms with E-state index in [1.54, 1.807) is 35.4 Å². The molecule has 0 atom stereocenters. The molecule has 2 heterocycles. The van der Waals surface area contributed by atoms with Crippen molar-refractivity contribution < 1.29 is 13.6 Å². The molecule has 5 nitrogen and oxygen atoms in total. The van der Waals surface area contributed by atoms with Crippen molar-refractivity contribution >= 4 is 5.91 Å². The number of fused-ring (bicyclic) bond motifs is 1. The molecular weight excluding hydrogens is 345 g/mol. The van der Waals surface area contributed by atoms with E-state index in [4.69, 9.17) is 4.42 Å². The normalized spacial score (nSPS) is 13.0. The second-order valence-corrected chi connectivity index (χ2v) is 6.95. The smallest absolute Gasteiger partial charge is 0.227 e. The topological polar surface area (TPSA) is 51.3 Å². The lowest BCUT2D eigenvalue weighted by atomic mass is 10.1. The molecule has 1 aromatic carbocycles. The Morgan fingerprint density at radius 1 is 1.22 bits per heavy atom. The number of aryl methyl sites for hydroxylation is 1. The highest BCUT2D eigenvalue weighted by Crippen LogP contribution is 2.26. The molecule has 0 unspecified atom stereocenters. The fraction of sp³-hybridized carbons (Fsp3) is 0.333. The number of benzene rings is 1. The molecule has 1 aliphatic rings. The van der Waals surface area contributed by atoms with Crippen LogP contribution >= 0.6 is 0 Å². The van der Waals surface area contributed by atoms with E-state index < -0.39 is 0 Å². The molecule has 1 aliphatic carbocycles. The number of carbonyl (C=O) groups is 1. The average molecular weight is 367 g/mol. The summed E-state index contributed by atoms with van der Waals surface area (Å²) in [5.74, 6) is 0.195. The lowest BCUT2D eigenvalue weighted by Crippen LogP contribution is -2.32. The zero-order valence-electron chi connectivity index (χ0n) is 15.3. The molecule has 0 saturated heterocycles. The molecule has 0 spiro atoms. The predicted octanol–water partition coefficient (Wildman–Crippen LogP) is 3.41. The van der Waals surface area contributed by atoms with Crippen molar-refractivity contribution in [3.8, 4) is 0 Å². The zero-order valence-corrected chi connectivity index (χ0v) is 15.3. The monoisotopic (exact) mass is 367 g/mol. The van der Waals surface area contributed by atoms with E-state index in [2.05, 4.69) is 5.10 Å². The average Bonchev–Trinajstić information content (AvgIpc) is 3.37. The first-order valence-corrected chi connectivity index (χ1v) is 9.19. The number of halogens is 1. The molecule has 0 saturated carbocycles. The maximum Gasteiger partial charge on any atom is 0.227 e. The van der Waals surface area contributed by atoms with Crippen molar-refractivity contribution in [2.24, 2.45) is 7.05 Å². The van der Waals surface area contributed by atoms with Gasteiger partial charge in [-0.2, -0.15) is 5.10 Å². The summed E-state index contributed by atoms with van der Waals surface area (Å²) in [5.41, 5.74) is 3.83. The van der Waals surface area contributed by atoms with Gasteiger partial charge >= 0.3 is 0 Å². The van der Waals surface area contributed by atoms with Gasteiger partial charge in [-0.15, -0.1) is 0 Å². The molecule has 2 aromatic heterocycles. The summed E-state index contributed by atoms with van der Waals surface area (Å²) < 4.78 is 21.3. The van der Waals surface area contributed by atoms with E-state index in [-0.39, 0.29) is 18.1 Å². The Labute approximate surface area is 157 Å². The maximum atomic E-state index is 14.0. The third kappa shape index (κ3) is 3.65. The van der Waals surface area contributed by atoms with E-state index in [1.807, 2.05) is 17.8 Å². The Morgan fingerprint density at radius 3 is 2.85 bits per heavy atom. The van der Waals surface area contributed by atoms with Crippen LogP contribution in [0.5, 0.6) is 0 Å². The largest absolute Gasteiger partial charge is 0.467 e. The summed E-state index contributed by atoms with van der Waals surface area (Å²) in [4.78, 5) is 14.7. The highest BCUT2D eigenvalue weighted by molar-refractivity contribution is 5.78. The number of amides is 1. The van der Waals surface area contributed by atoms with Gasteiger partial charge in [0.15, 0.2) is 0 Å². The van der Waals surface area contributed by atoms with Crippen LogP contribution in [0.2, 0.25) is 0 Å². The van der Waals surface area contributed by atoms with Crippen LogP contribution in [0.25, 0.3) is 0 Å². The van der Waals surface area contributed by atoms with Crippen molar-refractivity contribution in [3.05, 3.63) is 76.8 Å². The molecule has 0 bridgehead atoms. The summed E-state index contributed by atoms with van der Waals surface area (Å²) in [7, 11) is 1.95. The van der Waals surface area contributed by atoms with Crippen molar-refractivity contribution in [1.29, 1.82) is 0 Å². The molecule has 3 aromatic rings. The van der Waals surface area contributed by atoms with Gasteiger partial charge in [0.05, 0.1) is 31.5 Å². The van der Waals surface area contributed by atoms with Crippen molar-refractivity contribution in [3.63, 3.8) is 0 Å². The van der Waals surface area contributed by atoms with Crippen LogP contribution in [0.15, 0.2) is 47.1 Å². The molecule has 27 heavy (non-hydrogen) atoms. The lowest BCUT2D eigenvalue weighted by molar-refractivity contribution is -0.132. The first-order chi connectivity index (χ1) is 13.1. The molecule has 0 N–H and O–H groups in total. The van der Waals surface area contributed by atoms with E-state index >= 15 is 0 Å². The molecule has 0 radical (unpaired) electrons. The number of hydrogen-bond acceptors (Lipinski definition) is 3. The third-order valence-electron chi connectivity index (χ3n) is 5.12. The number of rotatable bonds is 6. The van der Waals surface area contributed by atoms with Gasteiger partial charge in [-0.05, 0) is 48.6 Å². The Kier molecular flexibility index (Phi) is 4.79. The Hall–Kier alpha value is -2.89. The minimum Gasteiger partial charge on any atom is -0.467 e. The maximum absolute atomic E-state index is 14.0. The SMILES string of the molecule is Cn1nc(CN(Cc2ccco2)C(=O)Cc2ccccc2F)c2c1CCC2. The van der Waals surface area contributed by atoms with Gasteiger partial charge in [-0.3, -0.25) is 9.48 Å². The first-order valence-electron chi connectivity index (χ1n) is 9.19. The first kappa shape index (κ1) is 17.5. The fourth-order valence-corrected chi connectivity index (χ4v) is 3.74. The lowest BCUT2D eigenvalue weighted by Gasteiger charge is -2.21. The van der Waals surface area contributed by atoms with Gasteiger partial charge in [0, 0.05) is 12.7 Å². The Balaban J connectivity index is 1.58. The van der Waals surface area contributed by atoms with Gasteiger partial charge in [-0.1, -0.05) is 18.2 Å². The van der Waals surface area contributed by atoms with Crippen LogP contribution in [-0.2, 0) is 44.2 Å². The quantitative estimate of drug-likeness (QED) is 0.671. The summed E-state index contributed by atoms with van der Waals surface area (Å²) in [5, 5.41) is 4.63. The summed E-state index contributed by atoms with van der Waals surface area (Å²) in [6, 6.07) is 10.0. The van der Waals surface area contributed by atoms with Crippen LogP contribution in [0.1, 0.15) is 34.7 Å². The van der Waals surface area contributed by atoms with Gasteiger partial charge in [0.25, 0.3) is 0 Å². The van der Waals surface area contributed by atoms with Gasteiger partial charge in [-0.25, -0.2) is 4.39 Å². The fourth-order valence-electron chi connectivity index (χ4n) is 3.74. The summed E-state index contributed by atoms with van der Waals surface area (Å²) >= 11 is 0. The second-order valence-electron chi connectivity index (χ2n) is 6.95. The van der Waals surface area contributed by atoms with E-state index in [0.717, 1.165) is 25.0 Å². The Morgan fingerprint density at radius 2 is 2.07 bits per heavy atom. The number of furan rings is 1. The van der Waals surface area contributed by atoms with Crippen LogP contribution < -0.4 is 0 Å². The van der Waals surface area contributed by atoms with Crippen LogP contribution in [0.3, 0.4) is 0 Å². The van der Waals surface area contributed by atoms with E-state index in [0.29, 0.717) is 24.4 Å². The van der Waals surface area contributed by atoms with Gasteiger partial charge in [0.1, 0.15) is 11.6 Å². The van der Waals surface area contributed by atoms with Gasteiger partial charge < -0.3 is 9.32 Å². The van der Waals surface area contributed by atoms with E-state index in [9.17, 15) is 9.18 Å². The van der Waals surface area contributed by atoms with Crippen LogP contribution in [0, 0.1) is 5.82 Å². The van der Waals surface area contributed by atoms with E-state index in [1.165, 1.54) is 17.3 Å². The third-order valence-corrected chi connectivity index (χ3v) is 5.12. The number of nitrogens with zero attached hydrogens (tertiary/aromatic N) is 3. The van der Waals surface area contributed by atoms with Crippen LogP contribution in [-0.4, -0.2) is 20.6 Å². The highest BCUT2D eigenvalue weighted by Gasteiger charge is 2.25. The highest BCUT2D eigenvalue weighted by atomic mass is 19.1. The standard InChI is InChI=1S/C21H22FN3O2/c1-24-20-10-4-8-17(20)19(23-24)14-25(13-16-7-5-11-27-16)21(26)12-15-6-2-3-9-18(15)22/h2-3,5-7,9,11H,4,8,10,12-14H2,1H3. The number of carbonyl (C=O) groups excluding carboxylic acids is 1. The molecule has 0 aliphatic heterocycles. The molecule has 4 rings (SSSR count). The van der Waals surface area contributed by atoms with Gasteiger partial charge in [0.2, 0.25) is 5.91 Å². The second kappa shape index (κ2) is 7.39. The molecule has 0 fully saturated rings. The van der Waals surface area contributed by atoms with Crippen molar-refractivity contribution in [1.82, 2.24) is 14.7 Å². The Bertz CT molecular complexity index is 946. The summed E-state index contributed by atoms with van der Waals surface area (Å²) in [6.07, 6.45) is 4.75. The minimum atomic E-state index is -0.359. The predicted molar refractivity (Wildman–Crippen MR) is 98.3 cm³/mol. The number of aromatic nitrogens is 2. The molecule has 6 heteroatoms. The minimum absolute atomic E-state index is 0.0163. The van der Waals surface area contributed by atoms with Crippen molar-refractivity contribution in [2.75, 3.05) is 0 Å². The number of hydrogen-bond donors (Lipinski definition) is 0. The van der Waals surface area contributed by atoms with Crippen LogP contribution in [0.4, 0.5) is 4.39 Å². The molecular formula is C21H22FN3O2. The molecule has 1 amide bonds. The molecule has 140 valence electrons. The van der Waals surface area contributed by atoms with Crippen molar-refractivity contribution in [2.45, 2.75) is 38.8 Å². The summed E-state index contributed by atoms with van der Waals surface area (Å²) in [6.45, 7) is 0.739. The zero-order chi connectivity index (χ0) is 18.8.